The van der Waals surface area contributed by atoms with E-state index in [-0.39, 0.29) is 5.75 Å². The lowest BCUT2D eigenvalue weighted by molar-refractivity contribution is 0.600. The van der Waals surface area contributed by atoms with Crippen molar-refractivity contribution in [2.24, 2.45) is 0 Å². The first-order chi connectivity index (χ1) is 11.0. The Kier molecular flexibility index (Phi) is 4.16. The lowest BCUT2D eigenvalue weighted by Gasteiger charge is -2.09. The molecule has 5 nitrogen and oxygen atoms in total. The third kappa shape index (κ3) is 3.98. The second-order valence-corrected chi connectivity index (χ2v) is 7.09. The van der Waals surface area contributed by atoms with Crippen LogP contribution >= 0.6 is 0 Å². The second-order valence-electron chi connectivity index (χ2n) is 5.37. The molecule has 0 atom stereocenters. The lowest BCUT2D eigenvalue weighted by Crippen LogP contribution is -2.15. The van der Waals surface area contributed by atoms with Gasteiger partial charge in [0.15, 0.2) is 0 Å². The van der Waals surface area contributed by atoms with Crippen molar-refractivity contribution in [2.75, 3.05) is 4.72 Å². The van der Waals surface area contributed by atoms with Gasteiger partial charge in [0.2, 0.25) is 10.0 Å². The van der Waals surface area contributed by atoms with Gasteiger partial charge >= 0.3 is 0 Å². The lowest BCUT2D eigenvalue weighted by atomic mass is 10.2. The van der Waals surface area contributed by atoms with E-state index in [4.69, 9.17) is 0 Å². The maximum atomic E-state index is 12.3. The quantitative estimate of drug-likeness (QED) is 0.755. The molecule has 0 aliphatic heterocycles. The molecular formula is C17H17N3O2S. The van der Waals surface area contributed by atoms with Crippen molar-refractivity contribution in [3.63, 3.8) is 0 Å². The van der Waals surface area contributed by atoms with E-state index in [9.17, 15) is 8.42 Å². The van der Waals surface area contributed by atoms with Crippen LogP contribution in [0.5, 0.6) is 0 Å². The van der Waals surface area contributed by atoms with Gasteiger partial charge in [-0.25, -0.2) is 13.4 Å². The molecule has 1 heterocycles. The van der Waals surface area contributed by atoms with Gasteiger partial charge in [0.1, 0.15) is 5.82 Å². The highest BCUT2D eigenvalue weighted by atomic mass is 32.2. The Morgan fingerprint density at radius 2 is 1.91 bits per heavy atom. The van der Waals surface area contributed by atoms with Gasteiger partial charge in [0.05, 0.1) is 5.75 Å². The number of anilines is 1. The molecule has 2 N–H and O–H groups in total. The van der Waals surface area contributed by atoms with Crippen molar-refractivity contribution < 1.29 is 8.42 Å². The fraction of sp³-hybridized carbons (Fsp3) is 0.118. The molecule has 0 saturated carbocycles. The minimum absolute atomic E-state index is 0.0470. The zero-order valence-electron chi connectivity index (χ0n) is 12.7. The van der Waals surface area contributed by atoms with E-state index in [1.807, 2.05) is 43.3 Å². The SMILES string of the molecule is Cc1cccc(CS(=O)(=O)Nc2ccc(-c3ncc[nH]3)cc2)c1. The van der Waals surface area contributed by atoms with Crippen LogP contribution < -0.4 is 4.72 Å². The van der Waals surface area contributed by atoms with Crippen molar-refractivity contribution in [1.29, 1.82) is 0 Å². The molecule has 0 unspecified atom stereocenters. The number of benzene rings is 2. The first-order valence-electron chi connectivity index (χ1n) is 7.18. The van der Waals surface area contributed by atoms with E-state index in [0.29, 0.717) is 5.69 Å². The van der Waals surface area contributed by atoms with Gasteiger partial charge < -0.3 is 4.98 Å². The van der Waals surface area contributed by atoms with E-state index in [1.54, 1.807) is 24.5 Å². The number of H-pyrrole nitrogens is 1. The van der Waals surface area contributed by atoms with Gasteiger partial charge in [-0.3, -0.25) is 4.72 Å². The number of hydrogen-bond donors (Lipinski definition) is 2. The average Bonchev–Trinajstić information content (AvgIpc) is 3.01. The normalized spacial score (nSPS) is 11.3. The van der Waals surface area contributed by atoms with Gasteiger partial charge in [-0.15, -0.1) is 0 Å². The number of hydrogen-bond acceptors (Lipinski definition) is 3. The monoisotopic (exact) mass is 327 g/mol. The van der Waals surface area contributed by atoms with E-state index in [1.165, 1.54) is 0 Å². The summed E-state index contributed by atoms with van der Waals surface area (Å²) in [4.78, 5) is 7.17. The van der Waals surface area contributed by atoms with Crippen molar-refractivity contribution in [2.45, 2.75) is 12.7 Å². The van der Waals surface area contributed by atoms with Gasteiger partial charge in [-0.05, 0) is 36.8 Å². The number of rotatable bonds is 5. The first kappa shape index (κ1) is 15.3. The van der Waals surface area contributed by atoms with Crippen LogP contribution in [0.2, 0.25) is 0 Å². The number of sulfonamides is 1. The highest BCUT2D eigenvalue weighted by Gasteiger charge is 2.12. The summed E-state index contributed by atoms with van der Waals surface area (Å²) in [5.74, 6) is 0.702. The van der Waals surface area contributed by atoms with Gasteiger partial charge in [-0.2, -0.15) is 0 Å². The Morgan fingerprint density at radius 3 is 2.57 bits per heavy atom. The van der Waals surface area contributed by atoms with Crippen LogP contribution in [0.15, 0.2) is 60.9 Å². The zero-order valence-corrected chi connectivity index (χ0v) is 13.5. The predicted octanol–water partition coefficient (Wildman–Crippen LogP) is 3.33. The van der Waals surface area contributed by atoms with Crippen molar-refractivity contribution in [3.8, 4) is 11.4 Å². The Balaban J connectivity index is 1.73. The third-order valence-corrected chi connectivity index (χ3v) is 4.63. The van der Waals surface area contributed by atoms with Crippen LogP contribution in [0, 0.1) is 6.92 Å². The molecule has 0 radical (unpaired) electrons. The predicted molar refractivity (Wildman–Crippen MR) is 91.4 cm³/mol. The topological polar surface area (TPSA) is 74.8 Å². The van der Waals surface area contributed by atoms with E-state index in [0.717, 1.165) is 22.5 Å². The molecule has 0 saturated heterocycles. The van der Waals surface area contributed by atoms with Gasteiger partial charge in [0, 0.05) is 23.6 Å². The molecule has 0 aliphatic rings. The minimum Gasteiger partial charge on any atom is -0.345 e. The number of nitrogens with one attached hydrogen (secondary N) is 2. The molecule has 2 aromatic carbocycles. The number of nitrogens with zero attached hydrogens (tertiary/aromatic N) is 1. The Labute approximate surface area is 135 Å². The number of aryl methyl sites for hydroxylation is 1. The molecular weight excluding hydrogens is 310 g/mol. The summed E-state index contributed by atoms with van der Waals surface area (Å²) in [5, 5.41) is 0. The molecule has 23 heavy (non-hydrogen) atoms. The minimum atomic E-state index is -3.44. The molecule has 0 amide bonds. The van der Waals surface area contributed by atoms with E-state index in [2.05, 4.69) is 14.7 Å². The molecule has 1 aromatic heterocycles. The summed E-state index contributed by atoms with van der Waals surface area (Å²) >= 11 is 0. The third-order valence-electron chi connectivity index (χ3n) is 3.37. The summed E-state index contributed by atoms with van der Waals surface area (Å²) in [6.45, 7) is 1.94. The molecule has 0 spiro atoms. The Morgan fingerprint density at radius 1 is 1.13 bits per heavy atom. The maximum Gasteiger partial charge on any atom is 0.236 e. The average molecular weight is 327 g/mol. The highest BCUT2D eigenvalue weighted by molar-refractivity contribution is 7.91. The molecule has 6 heteroatoms. The molecule has 0 fully saturated rings. The standard InChI is InChI=1S/C17H17N3O2S/c1-13-3-2-4-14(11-13)12-23(21,22)20-16-7-5-15(6-8-16)17-18-9-10-19-17/h2-11,20H,12H2,1H3,(H,18,19). The number of aromatic amines is 1. The second kappa shape index (κ2) is 6.26. The fourth-order valence-electron chi connectivity index (χ4n) is 2.36. The van der Waals surface area contributed by atoms with E-state index < -0.39 is 10.0 Å². The van der Waals surface area contributed by atoms with Crippen LogP contribution in [0.1, 0.15) is 11.1 Å². The highest BCUT2D eigenvalue weighted by Crippen LogP contribution is 2.19. The number of imidazole rings is 1. The summed E-state index contributed by atoms with van der Waals surface area (Å²) in [6, 6.07) is 14.6. The summed E-state index contributed by atoms with van der Waals surface area (Å²) in [5.41, 5.74) is 3.25. The van der Waals surface area contributed by atoms with Crippen LogP contribution in [0.3, 0.4) is 0 Å². The molecule has 0 bridgehead atoms. The molecule has 118 valence electrons. The largest absolute Gasteiger partial charge is 0.345 e. The zero-order chi connectivity index (χ0) is 16.3. The first-order valence-corrected chi connectivity index (χ1v) is 8.83. The summed E-state index contributed by atoms with van der Waals surface area (Å²) < 4.78 is 27.1. The number of aromatic nitrogens is 2. The maximum absolute atomic E-state index is 12.3. The Hall–Kier alpha value is -2.60. The van der Waals surface area contributed by atoms with E-state index >= 15 is 0 Å². The fourth-order valence-corrected chi connectivity index (χ4v) is 3.54. The van der Waals surface area contributed by atoms with Crippen molar-refractivity contribution in [1.82, 2.24) is 9.97 Å². The van der Waals surface area contributed by atoms with Gasteiger partial charge in [0.25, 0.3) is 0 Å². The summed E-state index contributed by atoms with van der Waals surface area (Å²) in [6.07, 6.45) is 3.42. The molecule has 3 aromatic rings. The van der Waals surface area contributed by atoms with Crippen LogP contribution in [-0.4, -0.2) is 18.4 Å². The Bertz CT molecular complexity index is 886. The van der Waals surface area contributed by atoms with Crippen molar-refractivity contribution >= 4 is 15.7 Å². The van der Waals surface area contributed by atoms with Crippen molar-refractivity contribution in [3.05, 3.63) is 72.1 Å². The van der Waals surface area contributed by atoms with Crippen LogP contribution in [0.4, 0.5) is 5.69 Å². The van der Waals surface area contributed by atoms with Gasteiger partial charge in [-0.1, -0.05) is 29.8 Å². The van der Waals surface area contributed by atoms with Crippen LogP contribution in [0.25, 0.3) is 11.4 Å². The smallest absolute Gasteiger partial charge is 0.236 e. The van der Waals surface area contributed by atoms with Crippen LogP contribution in [-0.2, 0) is 15.8 Å². The summed E-state index contributed by atoms with van der Waals surface area (Å²) in [7, 11) is -3.44. The molecule has 3 rings (SSSR count). The molecule has 0 aliphatic carbocycles.